The van der Waals surface area contributed by atoms with E-state index in [-0.39, 0.29) is 11.3 Å². The van der Waals surface area contributed by atoms with Gasteiger partial charge < -0.3 is 20.5 Å². The number of amides is 1. The number of hydrogen-bond acceptors (Lipinski definition) is 4. The number of imidazole rings is 1. The molecular formula is C12H8FN3O5. The van der Waals surface area contributed by atoms with Gasteiger partial charge in [-0.1, -0.05) is 0 Å². The van der Waals surface area contributed by atoms with Crippen molar-refractivity contribution in [3.63, 3.8) is 0 Å². The van der Waals surface area contributed by atoms with Crippen molar-refractivity contribution >= 4 is 23.5 Å². The highest BCUT2D eigenvalue weighted by molar-refractivity contribution is 6.09. The Morgan fingerprint density at radius 1 is 1.19 bits per heavy atom. The van der Waals surface area contributed by atoms with Gasteiger partial charge in [0.05, 0.1) is 17.6 Å². The zero-order valence-corrected chi connectivity index (χ0v) is 10.3. The molecule has 1 aromatic carbocycles. The molecule has 0 atom stereocenters. The fraction of sp³-hybridized carbons (Fsp3) is 0. The van der Waals surface area contributed by atoms with Crippen molar-refractivity contribution in [3.8, 4) is 0 Å². The van der Waals surface area contributed by atoms with Crippen LogP contribution in [0, 0.1) is 5.82 Å². The third-order valence-electron chi connectivity index (χ3n) is 2.53. The topological polar surface area (TPSA) is 132 Å². The maximum Gasteiger partial charge on any atom is 0.354 e. The lowest BCUT2D eigenvalue weighted by Gasteiger charge is -2.06. The molecule has 0 aliphatic heterocycles. The van der Waals surface area contributed by atoms with Crippen molar-refractivity contribution in [3.05, 3.63) is 47.3 Å². The lowest BCUT2D eigenvalue weighted by atomic mass is 10.2. The molecule has 0 saturated carbocycles. The summed E-state index contributed by atoms with van der Waals surface area (Å²) in [6.45, 7) is 0. The number of carboxylic acid groups (broad SMARTS) is 2. The summed E-state index contributed by atoms with van der Waals surface area (Å²) < 4.78 is 13.5. The van der Waals surface area contributed by atoms with Gasteiger partial charge >= 0.3 is 11.9 Å². The van der Waals surface area contributed by atoms with Crippen molar-refractivity contribution in [2.75, 3.05) is 5.32 Å². The Morgan fingerprint density at radius 2 is 1.90 bits per heavy atom. The molecule has 1 heterocycles. The third kappa shape index (κ3) is 2.86. The molecule has 2 rings (SSSR count). The van der Waals surface area contributed by atoms with Gasteiger partial charge in [0.2, 0.25) is 0 Å². The average Bonchev–Trinajstić information content (AvgIpc) is 2.90. The summed E-state index contributed by atoms with van der Waals surface area (Å²) in [7, 11) is 0. The number of nitrogens with one attached hydrogen (secondary N) is 2. The van der Waals surface area contributed by atoms with Crippen LogP contribution in [0.1, 0.15) is 31.3 Å². The van der Waals surface area contributed by atoms with E-state index in [2.05, 4.69) is 15.3 Å². The first-order valence-corrected chi connectivity index (χ1v) is 5.51. The van der Waals surface area contributed by atoms with Crippen molar-refractivity contribution in [2.45, 2.75) is 0 Å². The highest BCUT2D eigenvalue weighted by atomic mass is 19.1. The minimum atomic E-state index is -1.41. The van der Waals surface area contributed by atoms with Crippen LogP contribution in [0.25, 0.3) is 0 Å². The summed E-state index contributed by atoms with van der Waals surface area (Å²) in [6, 6.07) is 2.83. The number of aromatic carboxylic acids is 2. The molecular weight excluding hydrogens is 285 g/mol. The molecule has 21 heavy (non-hydrogen) atoms. The van der Waals surface area contributed by atoms with E-state index in [1.807, 2.05) is 0 Å². The smallest absolute Gasteiger partial charge is 0.354 e. The van der Waals surface area contributed by atoms with Gasteiger partial charge in [-0.25, -0.2) is 19.0 Å². The molecule has 1 aromatic heterocycles. The Labute approximate surface area is 116 Å². The predicted molar refractivity (Wildman–Crippen MR) is 66.9 cm³/mol. The first-order chi connectivity index (χ1) is 9.90. The molecule has 0 fully saturated rings. The van der Waals surface area contributed by atoms with Gasteiger partial charge in [-0.15, -0.1) is 0 Å². The first-order valence-electron chi connectivity index (χ1n) is 5.51. The number of carbonyl (C=O) groups is 3. The molecule has 108 valence electrons. The van der Waals surface area contributed by atoms with Gasteiger partial charge in [0, 0.05) is 0 Å². The lowest BCUT2D eigenvalue weighted by Crippen LogP contribution is -2.17. The number of aromatic nitrogens is 2. The number of carbonyl (C=O) groups excluding carboxylic acids is 1. The monoisotopic (exact) mass is 293 g/mol. The molecule has 0 aliphatic rings. The summed E-state index contributed by atoms with van der Waals surface area (Å²) >= 11 is 0. The lowest BCUT2D eigenvalue weighted by molar-refractivity contribution is 0.0681. The Balaban J connectivity index is 2.31. The number of hydrogen-bond donors (Lipinski definition) is 4. The Bertz CT molecular complexity index is 740. The van der Waals surface area contributed by atoms with Gasteiger partial charge in [0.15, 0.2) is 11.4 Å². The fourth-order valence-corrected chi connectivity index (χ4v) is 1.57. The maximum absolute atomic E-state index is 13.5. The fourth-order valence-electron chi connectivity index (χ4n) is 1.57. The molecule has 0 aliphatic carbocycles. The van der Waals surface area contributed by atoms with E-state index < -0.39 is 35.1 Å². The second-order valence-corrected chi connectivity index (χ2v) is 3.89. The summed E-state index contributed by atoms with van der Waals surface area (Å²) in [5.74, 6) is -4.54. The number of benzene rings is 1. The van der Waals surface area contributed by atoms with Crippen LogP contribution in [0.4, 0.5) is 10.1 Å². The van der Waals surface area contributed by atoms with Crippen LogP contribution in [-0.4, -0.2) is 38.0 Å². The SMILES string of the molecule is O=C(O)c1ccc(F)c(NC(=O)c2nc[nH]c2C(=O)O)c1. The van der Waals surface area contributed by atoms with Crippen LogP contribution in [0.3, 0.4) is 0 Å². The first kappa shape index (κ1) is 14.2. The van der Waals surface area contributed by atoms with E-state index in [0.717, 1.165) is 24.5 Å². The zero-order valence-electron chi connectivity index (χ0n) is 10.3. The molecule has 1 amide bonds. The van der Waals surface area contributed by atoms with Crippen molar-refractivity contribution in [1.29, 1.82) is 0 Å². The highest BCUT2D eigenvalue weighted by Crippen LogP contribution is 2.17. The summed E-state index contributed by atoms with van der Waals surface area (Å²) in [5.41, 5.74) is -1.52. The molecule has 8 nitrogen and oxygen atoms in total. The number of aromatic amines is 1. The summed E-state index contributed by atoms with van der Waals surface area (Å²) in [5, 5.41) is 19.7. The van der Waals surface area contributed by atoms with E-state index in [1.165, 1.54) is 0 Å². The second-order valence-electron chi connectivity index (χ2n) is 3.89. The largest absolute Gasteiger partial charge is 0.478 e. The maximum atomic E-state index is 13.5. The standard InChI is InChI=1S/C12H8FN3O5/c13-6-2-1-5(11(18)19)3-7(6)16-10(17)8-9(12(20)21)15-4-14-8/h1-4H,(H,14,15)(H,16,17)(H,18,19)(H,20,21). The van der Waals surface area contributed by atoms with Crippen molar-refractivity contribution < 1.29 is 29.0 Å². The van der Waals surface area contributed by atoms with Gasteiger partial charge in [-0.2, -0.15) is 0 Å². The third-order valence-corrected chi connectivity index (χ3v) is 2.53. The van der Waals surface area contributed by atoms with E-state index in [0.29, 0.717) is 0 Å². The Morgan fingerprint density at radius 3 is 2.52 bits per heavy atom. The van der Waals surface area contributed by atoms with Crippen molar-refractivity contribution in [2.24, 2.45) is 0 Å². The van der Waals surface area contributed by atoms with Crippen LogP contribution in [0.15, 0.2) is 24.5 Å². The molecule has 0 unspecified atom stereocenters. The molecule has 2 aromatic rings. The van der Waals surface area contributed by atoms with Gasteiger partial charge in [-0.3, -0.25) is 4.79 Å². The van der Waals surface area contributed by atoms with Crippen LogP contribution < -0.4 is 5.32 Å². The van der Waals surface area contributed by atoms with E-state index in [1.54, 1.807) is 0 Å². The minimum Gasteiger partial charge on any atom is -0.478 e. The number of carboxylic acids is 2. The average molecular weight is 293 g/mol. The summed E-state index contributed by atoms with van der Waals surface area (Å²) in [6.07, 6.45) is 1.00. The summed E-state index contributed by atoms with van der Waals surface area (Å²) in [4.78, 5) is 39.3. The number of H-pyrrole nitrogens is 1. The molecule has 0 saturated heterocycles. The number of anilines is 1. The van der Waals surface area contributed by atoms with E-state index in [4.69, 9.17) is 10.2 Å². The zero-order chi connectivity index (χ0) is 15.6. The molecule has 9 heteroatoms. The van der Waals surface area contributed by atoms with Crippen molar-refractivity contribution in [1.82, 2.24) is 9.97 Å². The van der Waals surface area contributed by atoms with E-state index in [9.17, 15) is 18.8 Å². The second kappa shape index (κ2) is 5.41. The molecule has 0 radical (unpaired) electrons. The quantitative estimate of drug-likeness (QED) is 0.669. The number of rotatable bonds is 4. The molecule has 0 bridgehead atoms. The highest BCUT2D eigenvalue weighted by Gasteiger charge is 2.21. The van der Waals surface area contributed by atoms with Crippen LogP contribution in [-0.2, 0) is 0 Å². The Kier molecular flexibility index (Phi) is 3.65. The van der Waals surface area contributed by atoms with E-state index >= 15 is 0 Å². The normalized spacial score (nSPS) is 10.1. The predicted octanol–water partition coefficient (Wildman–Crippen LogP) is 1.20. The molecule has 4 N–H and O–H groups in total. The number of halogens is 1. The van der Waals surface area contributed by atoms with Crippen LogP contribution in [0.5, 0.6) is 0 Å². The van der Waals surface area contributed by atoms with Gasteiger partial charge in [0.25, 0.3) is 5.91 Å². The van der Waals surface area contributed by atoms with Gasteiger partial charge in [0.1, 0.15) is 5.82 Å². The minimum absolute atomic E-state index is 0.229. The van der Waals surface area contributed by atoms with Crippen LogP contribution in [0.2, 0.25) is 0 Å². The number of nitrogens with zero attached hydrogens (tertiary/aromatic N) is 1. The van der Waals surface area contributed by atoms with Gasteiger partial charge in [-0.05, 0) is 18.2 Å². The molecule has 0 spiro atoms. The van der Waals surface area contributed by atoms with Crippen LogP contribution >= 0.6 is 0 Å². The Hall–Kier alpha value is -3.23.